The molecule has 0 N–H and O–H groups in total. The third-order valence-electron chi connectivity index (χ3n) is 1.48. The van der Waals surface area contributed by atoms with Gasteiger partial charge in [-0.25, -0.2) is 0 Å². The smallest absolute Gasteiger partial charge is 0.0659 e. The van der Waals surface area contributed by atoms with Gasteiger partial charge in [-0.15, -0.1) is 0 Å². The molecule has 0 bridgehead atoms. The lowest BCUT2D eigenvalue weighted by molar-refractivity contribution is 0.469. The van der Waals surface area contributed by atoms with Crippen LogP contribution < -0.4 is 0 Å². The minimum atomic E-state index is -0.0417. The van der Waals surface area contributed by atoms with Gasteiger partial charge in [0.05, 0.1) is 23.5 Å². The molecule has 38 valence electrons. The minimum Gasteiger partial charge on any atom is -0.0848 e. The van der Waals surface area contributed by atoms with E-state index < -0.39 is 0 Å². The minimum absolute atomic E-state index is 0.0417. The van der Waals surface area contributed by atoms with Crippen LogP contribution in [0.2, 0.25) is 19.0 Å². The van der Waals surface area contributed by atoms with E-state index in [4.69, 9.17) is 23.5 Å². The topological polar surface area (TPSA) is 0 Å². The summed E-state index contributed by atoms with van der Waals surface area (Å²) in [7, 11) is 16.1. The van der Waals surface area contributed by atoms with E-state index in [2.05, 4.69) is 0 Å². The number of rotatable bonds is 3. The third-order valence-corrected chi connectivity index (χ3v) is 1.48. The summed E-state index contributed by atoms with van der Waals surface area (Å²) in [6, 6.07) is 0. The van der Waals surface area contributed by atoms with Crippen molar-refractivity contribution in [3.05, 3.63) is 0 Å². The second-order valence-corrected chi connectivity index (χ2v) is 2.42. The summed E-state index contributed by atoms with van der Waals surface area (Å²) in [5.74, 6) is 0. The van der Waals surface area contributed by atoms with Crippen molar-refractivity contribution >= 4 is 23.5 Å². The summed E-state index contributed by atoms with van der Waals surface area (Å²) in [5, 5.41) is 0. The Morgan fingerprint density at radius 2 is 1.25 bits per heavy atom. The van der Waals surface area contributed by atoms with Crippen LogP contribution in [0.3, 0.4) is 0 Å². The van der Waals surface area contributed by atoms with Gasteiger partial charge in [0.2, 0.25) is 0 Å². The van der Waals surface area contributed by atoms with Gasteiger partial charge in [-0.2, -0.15) is 0 Å². The molecule has 0 aliphatic carbocycles. The maximum atomic E-state index is 5.37. The maximum absolute atomic E-state index is 5.37. The molecule has 8 heavy (non-hydrogen) atoms. The Morgan fingerprint density at radius 1 is 1.00 bits per heavy atom. The maximum Gasteiger partial charge on any atom is 0.0659 e. The highest BCUT2D eigenvalue weighted by molar-refractivity contribution is 6.15. The van der Waals surface area contributed by atoms with E-state index in [9.17, 15) is 0 Å². The van der Waals surface area contributed by atoms with Crippen LogP contribution in [-0.4, -0.2) is 23.5 Å². The first kappa shape index (κ1) is 8.19. The Balaban J connectivity index is 3.58. The van der Waals surface area contributed by atoms with Gasteiger partial charge < -0.3 is 0 Å². The molecule has 0 amide bonds. The van der Waals surface area contributed by atoms with Gasteiger partial charge in [-0.1, -0.05) is 31.3 Å². The molecular weight excluding hydrogens is 92.5 g/mol. The van der Waals surface area contributed by atoms with E-state index >= 15 is 0 Å². The number of hydrogen-bond donors (Lipinski definition) is 0. The van der Waals surface area contributed by atoms with Gasteiger partial charge in [0.25, 0.3) is 0 Å². The van der Waals surface area contributed by atoms with Crippen LogP contribution in [0.4, 0.5) is 0 Å². The Hall–Kier alpha value is 0.195. The molecule has 0 aromatic heterocycles. The lowest BCUT2D eigenvalue weighted by Gasteiger charge is -2.25. The second kappa shape index (κ2) is 3.27. The van der Waals surface area contributed by atoms with Crippen LogP contribution in [-0.2, 0) is 0 Å². The van der Waals surface area contributed by atoms with Gasteiger partial charge in [-0.3, -0.25) is 0 Å². The van der Waals surface area contributed by atoms with Gasteiger partial charge in [0, 0.05) is 0 Å². The lowest BCUT2D eigenvalue weighted by Crippen LogP contribution is -2.13. The molecule has 0 aliphatic heterocycles. The molecule has 0 unspecified atom stereocenters. The molecule has 0 fully saturated rings. The quantitative estimate of drug-likeness (QED) is 0.461. The van der Waals surface area contributed by atoms with Gasteiger partial charge >= 0.3 is 0 Å². The number of hydrogen-bond acceptors (Lipinski definition) is 0. The van der Waals surface area contributed by atoms with Gasteiger partial charge in [-0.05, 0) is 0 Å². The molecule has 0 spiro atoms. The van der Waals surface area contributed by atoms with E-state index in [1.54, 1.807) is 0 Å². The van der Waals surface area contributed by atoms with E-state index in [0.29, 0.717) is 19.0 Å². The van der Waals surface area contributed by atoms with Crippen LogP contribution in [0.5, 0.6) is 0 Å². The molecule has 0 saturated carbocycles. The Labute approximate surface area is 55.7 Å². The molecule has 0 heterocycles. The molecule has 0 rings (SSSR count). The summed E-state index contributed by atoms with van der Waals surface area (Å²) in [4.78, 5) is 0. The standard InChI is InChI=1S/C5H9B3/c1-5(2-6,3-7)4-8/h2-4H2,1H3. The summed E-state index contributed by atoms with van der Waals surface area (Å²) in [6.45, 7) is 1.98. The summed E-state index contributed by atoms with van der Waals surface area (Å²) in [6.07, 6.45) is 1.71. The molecule has 0 saturated heterocycles. The van der Waals surface area contributed by atoms with Crippen molar-refractivity contribution in [2.45, 2.75) is 25.9 Å². The first-order valence-electron chi connectivity index (χ1n) is 2.79. The average molecular weight is 102 g/mol. The lowest BCUT2D eigenvalue weighted by atomic mass is 9.63. The fourth-order valence-corrected chi connectivity index (χ4v) is 0.250. The highest BCUT2D eigenvalue weighted by atomic mass is 14.1. The van der Waals surface area contributed by atoms with Crippen molar-refractivity contribution in [2.75, 3.05) is 0 Å². The zero-order valence-corrected chi connectivity index (χ0v) is 5.35. The molecule has 0 nitrogen and oxygen atoms in total. The largest absolute Gasteiger partial charge is 0.0848 e. The first-order valence-corrected chi connectivity index (χ1v) is 2.79. The predicted molar refractivity (Wildman–Crippen MR) is 39.8 cm³/mol. The third kappa shape index (κ3) is 1.98. The fraction of sp³-hybridized carbons (Fsp3) is 1.00. The molecule has 0 atom stereocenters. The van der Waals surface area contributed by atoms with Gasteiger partial charge in [0.15, 0.2) is 0 Å². The normalized spacial score (nSPS) is 11.6. The summed E-state index contributed by atoms with van der Waals surface area (Å²) in [5.41, 5.74) is -0.0417. The SMILES string of the molecule is [B]CC(C)(C[B])C[B]. The highest BCUT2D eigenvalue weighted by Crippen LogP contribution is 2.27. The zero-order chi connectivity index (χ0) is 6.62. The van der Waals surface area contributed by atoms with Crippen LogP contribution in [0.15, 0.2) is 0 Å². The van der Waals surface area contributed by atoms with Crippen molar-refractivity contribution in [3.8, 4) is 0 Å². The molecule has 0 aromatic rings. The highest BCUT2D eigenvalue weighted by Gasteiger charge is 2.14. The average Bonchev–Trinajstić information content (AvgIpc) is 1.87. The van der Waals surface area contributed by atoms with Crippen molar-refractivity contribution in [1.82, 2.24) is 0 Å². The summed E-state index contributed by atoms with van der Waals surface area (Å²) >= 11 is 0. The zero-order valence-electron chi connectivity index (χ0n) is 5.35. The van der Waals surface area contributed by atoms with Crippen molar-refractivity contribution < 1.29 is 0 Å². The summed E-state index contributed by atoms with van der Waals surface area (Å²) < 4.78 is 0. The Bertz CT molecular complexity index is 50.4. The van der Waals surface area contributed by atoms with Crippen molar-refractivity contribution in [3.63, 3.8) is 0 Å². The van der Waals surface area contributed by atoms with Crippen LogP contribution in [0.1, 0.15) is 6.92 Å². The second-order valence-electron chi connectivity index (χ2n) is 2.42. The molecule has 0 aromatic carbocycles. The molecule has 6 radical (unpaired) electrons. The molecular formula is C5H9B3. The van der Waals surface area contributed by atoms with Crippen LogP contribution >= 0.6 is 0 Å². The monoisotopic (exact) mass is 102 g/mol. The molecule has 0 aliphatic rings. The van der Waals surface area contributed by atoms with Crippen LogP contribution in [0, 0.1) is 5.41 Å². The molecule has 3 heteroatoms. The van der Waals surface area contributed by atoms with E-state index in [1.807, 2.05) is 6.92 Å². The van der Waals surface area contributed by atoms with E-state index in [0.717, 1.165) is 0 Å². The van der Waals surface area contributed by atoms with E-state index in [-0.39, 0.29) is 5.41 Å². The van der Waals surface area contributed by atoms with Crippen LogP contribution in [0.25, 0.3) is 0 Å². The Kier molecular flexibility index (Phi) is 3.35. The first-order chi connectivity index (χ1) is 3.68. The predicted octanol–water partition coefficient (Wildman–Crippen LogP) is 0.753. The van der Waals surface area contributed by atoms with Crippen molar-refractivity contribution in [1.29, 1.82) is 0 Å². The fourth-order valence-electron chi connectivity index (χ4n) is 0.250. The van der Waals surface area contributed by atoms with Crippen molar-refractivity contribution in [2.24, 2.45) is 5.41 Å². The van der Waals surface area contributed by atoms with Gasteiger partial charge in [0.1, 0.15) is 0 Å². The van der Waals surface area contributed by atoms with E-state index in [1.165, 1.54) is 0 Å². The Morgan fingerprint density at radius 3 is 1.25 bits per heavy atom.